The van der Waals surface area contributed by atoms with Gasteiger partial charge in [-0.2, -0.15) is 0 Å². The molecule has 0 aromatic heterocycles. The summed E-state index contributed by atoms with van der Waals surface area (Å²) in [5, 5.41) is 2.86. The van der Waals surface area contributed by atoms with Crippen molar-refractivity contribution < 1.29 is 27.4 Å². The van der Waals surface area contributed by atoms with Gasteiger partial charge in [0.25, 0.3) is 5.91 Å². The molecule has 186 valence electrons. The summed E-state index contributed by atoms with van der Waals surface area (Å²) in [6.07, 6.45) is 0.595. The van der Waals surface area contributed by atoms with Gasteiger partial charge >= 0.3 is 0 Å². The van der Waals surface area contributed by atoms with E-state index in [2.05, 4.69) is 10.0 Å². The molecular weight excluding hydrogens is 468 g/mol. The van der Waals surface area contributed by atoms with Crippen molar-refractivity contribution in [1.29, 1.82) is 0 Å². The molecule has 0 heterocycles. The normalized spacial score (nSPS) is 12.0. The maximum atomic E-state index is 12.5. The third kappa shape index (κ3) is 7.46. The number of carbonyl (C=O) groups excluding carboxylic acids is 1. The van der Waals surface area contributed by atoms with Gasteiger partial charge in [-0.25, -0.2) is 13.1 Å². The van der Waals surface area contributed by atoms with Crippen molar-refractivity contribution in [2.24, 2.45) is 0 Å². The van der Waals surface area contributed by atoms with Crippen molar-refractivity contribution in [1.82, 2.24) is 10.0 Å². The summed E-state index contributed by atoms with van der Waals surface area (Å²) >= 11 is 0. The summed E-state index contributed by atoms with van der Waals surface area (Å²) in [5.74, 6) is 1.26. The standard InChI is InChI=1S/C26H30N2O6S/c1-19(21-9-14-24(32-2)25(17-21)33-3)28-26(29)18-34-22-10-12-23(13-11-22)35(30,31)27-16-15-20-7-5-4-6-8-20/h4-14,17,19,27H,15-16,18H2,1-3H3,(H,28,29). The number of sulfonamides is 1. The summed E-state index contributed by atoms with van der Waals surface area (Å²) in [7, 11) is -0.528. The zero-order valence-electron chi connectivity index (χ0n) is 20.0. The fourth-order valence-electron chi connectivity index (χ4n) is 3.41. The van der Waals surface area contributed by atoms with Crippen LogP contribution in [-0.2, 0) is 21.2 Å². The average Bonchev–Trinajstić information content (AvgIpc) is 2.87. The van der Waals surface area contributed by atoms with E-state index in [1.807, 2.05) is 43.3 Å². The average molecular weight is 499 g/mol. The monoisotopic (exact) mass is 498 g/mol. The van der Waals surface area contributed by atoms with Gasteiger partial charge in [-0.15, -0.1) is 0 Å². The summed E-state index contributed by atoms with van der Waals surface area (Å²) < 4.78 is 43.7. The number of hydrogen-bond acceptors (Lipinski definition) is 6. The number of rotatable bonds is 12. The first-order valence-corrected chi connectivity index (χ1v) is 12.6. The minimum Gasteiger partial charge on any atom is -0.493 e. The topological polar surface area (TPSA) is 103 Å². The van der Waals surface area contributed by atoms with Gasteiger partial charge in [0.15, 0.2) is 18.1 Å². The van der Waals surface area contributed by atoms with Crippen LogP contribution in [0.2, 0.25) is 0 Å². The molecule has 1 unspecified atom stereocenters. The molecule has 2 N–H and O–H groups in total. The molecule has 1 amide bonds. The second-order valence-corrected chi connectivity index (χ2v) is 9.56. The molecule has 0 fully saturated rings. The SMILES string of the molecule is COc1ccc(C(C)NC(=O)COc2ccc(S(=O)(=O)NCCc3ccccc3)cc2)cc1OC. The number of hydrogen-bond donors (Lipinski definition) is 2. The van der Waals surface area contributed by atoms with E-state index in [4.69, 9.17) is 14.2 Å². The Bertz CT molecular complexity index is 1210. The van der Waals surface area contributed by atoms with E-state index in [0.29, 0.717) is 30.2 Å². The van der Waals surface area contributed by atoms with Gasteiger partial charge in [0, 0.05) is 6.54 Å². The number of methoxy groups -OCH3 is 2. The third-order valence-electron chi connectivity index (χ3n) is 5.34. The Hall–Kier alpha value is -3.56. The van der Waals surface area contributed by atoms with E-state index in [9.17, 15) is 13.2 Å². The molecule has 3 rings (SSSR count). The molecule has 9 heteroatoms. The molecule has 0 aliphatic carbocycles. The highest BCUT2D eigenvalue weighted by atomic mass is 32.2. The Morgan fingerprint density at radius 2 is 1.60 bits per heavy atom. The number of carbonyl (C=O) groups is 1. The van der Waals surface area contributed by atoms with E-state index in [0.717, 1.165) is 11.1 Å². The first kappa shape index (κ1) is 26.1. The Morgan fingerprint density at radius 1 is 0.914 bits per heavy atom. The van der Waals surface area contributed by atoms with Crippen LogP contribution in [0.5, 0.6) is 17.2 Å². The molecule has 0 bridgehead atoms. The molecule has 0 aliphatic rings. The fraction of sp³-hybridized carbons (Fsp3) is 0.269. The second-order valence-electron chi connectivity index (χ2n) is 7.80. The van der Waals surface area contributed by atoms with E-state index in [-0.39, 0.29) is 23.5 Å². The van der Waals surface area contributed by atoms with E-state index in [1.165, 1.54) is 24.3 Å². The van der Waals surface area contributed by atoms with Crippen LogP contribution in [0, 0.1) is 0 Å². The van der Waals surface area contributed by atoms with Crippen LogP contribution in [0.3, 0.4) is 0 Å². The maximum absolute atomic E-state index is 12.5. The maximum Gasteiger partial charge on any atom is 0.258 e. The number of amides is 1. The molecule has 35 heavy (non-hydrogen) atoms. The van der Waals surface area contributed by atoms with Gasteiger partial charge in [-0.05, 0) is 60.9 Å². The van der Waals surface area contributed by atoms with Crippen LogP contribution in [0.15, 0.2) is 77.7 Å². The van der Waals surface area contributed by atoms with Crippen molar-refractivity contribution in [2.75, 3.05) is 27.4 Å². The van der Waals surface area contributed by atoms with E-state index < -0.39 is 10.0 Å². The first-order valence-electron chi connectivity index (χ1n) is 11.1. The van der Waals surface area contributed by atoms with E-state index >= 15 is 0 Å². The van der Waals surface area contributed by atoms with Crippen LogP contribution < -0.4 is 24.2 Å². The number of nitrogens with one attached hydrogen (secondary N) is 2. The smallest absolute Gasteiger partial charge is 0.258 e. The zero-order chi connectivity index (χ0) is 25.3. The Labute approximate surface area is 206 Å². The molecule has 3 aromatic rings. The quantitative estimate of drug-likeness (QED) is 0.396. The summed E-state index contributed by atoms with van der Waals surface area (Å²) in [4.78, 5) is 12.5. The fourth-order valence-corrected chi connectivity index (χ4v) is 4.44. The van der Waals surface area contributed by atoms with Crippen molar-refractivity contribution >= 4 is 15.9 Å². The van der Waals surface area contributed by atoms with Gasteiger partial charge in [-0.3, -0.25) is 4.79 Å². The minimum absolute atomic E-state index is 0.129. The highest BCUT2D eigenvalue weighted by Gasteiger charge is 2.15. The molecule has 0 spiro atoms. The van der Waals surface area contributed by atoms with Gasteiger partial charge < -0.3 is 19.5 Å². The highest BCUT2D eigenvalue weighted by Crippen LogP contribution is 2.29. The van der Waals surface area contributed by atoms with Crippen LogP contribution in [0.25, 0.3) is 0 Å². The largest absolute Gasteiger partial charge is 0.493 e. The molecule has 1 atom stereocenters. The number of ether oxygens (including phenoxy) is 3. The molecule has 0 saturated heterocycles. The lowest BCUT2D eigenvalue weighted by Gasteiger charge is -2.17. The van der Waals surface area contributed by atoms with Crippen molar-refractivity contribution in [3.63, 3.8) is 0 Å². The van der Waals surface area contributed by atoms with Gasteiger partial charge in [-0.1, -0.05) is 36.4 Å². The van der Waals surface area contributed by atoms with Crippen LogP contribution >= 0.6 is 0 Å². The lowest BCUT2D eigenvalue weighted by molar-refractivity contribution is -0.123. The highest BCUT2D eigenvalue weighted by molar-refractivity contribution is 7.89. The van der Waals surface area contributed by atoms with Crippen LogP contribution in [0.1, 0.15) is 24.1 Å². The summed E-state index contributed by atoms with van der Waals surface area (Å²) in [5.41, 5.74) is 1.91. The summed E-state index contributed by atoms with van der Waals surface area (Å²) in [6.45, 7) is 1.94. The first-order chi connectivity index (χ1) is 16.8. The van der Waals surface area contributed by atoms with Crippen molar-refractivity contribution in [3.8, 4) is 17.2 Å². The van der Waals surface area contributed by atoms with Crippen LogP contribution in [0.4, 0.5) is 0 Å². The second kappa shape index (κ2) is 12.2. The van der Waals surface area contributed by atoms with Gasteiger partial charge in [0.1, 0.15) is 5.75 Å². The molecular formula is C26H30N2O6S. The summed E-state index contributed by atoms with van der Waals surface area (Å²) in [6, 6.07) is 20.7. The Kier molecular flexibility index (Phi) is 9.11. The number of benzene rings is 3. The predicted octanol–water partition coefficient (Wildman–Crippen LogP) is 3.48. The van der Waals surface area contributed by atoms with Gasteiger partial charge in [0.2, 0.25) is 10.0 Å². The van der Waals surface area contributed by atoms with Crippen LogP contribution in [-0.4, -0.2) is 41.7 Å². The van der Waals surface area contributed by atoms with Crippen molar-refractivity contribution in [3.05, 3.63) is 83.9 Å². The van der Waals surface area contributed by atoms with Gasteiger partial charge in [0.05, 0.1) is 25.2 Å². The third-order valence-corrected chi connectivity index (χ3v) is 6.81. The molecule has 0 radical (unpaired) electrons. The molecule has 3 aromatic carbocycles. The van der Waals surface area contributed by atoms with Crippen molar-refractivity contribution in [2.45, 2.75) is 24.3 Å². The minimum atomic E-state index is -3.64. The Morgan fingerprint density at radius 3 is 2.26 bits per heavy atom. The molecule has 8 nitrogen and oxygen atoms in total. The molecule has 0 saturated carbocycles. The van der Waals surface area contributed by atoms with E-state index in [1.54, 1.807) is 26.4 Å². The lowest BCUT2D eigenvalue weighted by atomic mass is 10.1. The molecule has 0 aliphatic heterocycles. The Balaban J connectivity index is 1.49. The zero-order valence-corrected chi connectivity index (χ0v) is 20.8. The lowest BCUT2D eigenvalue weighted by Crippen LogP contribution is -2.31. The predicted molar refractivity (Wildman–Crippen MR) is 133 cm³/mol.